The van der Waals surface area contributed by atoms with E-state index >= 15 is 0 Å². The van der Waals surface area contributed by atoms with E-state index in [2.05, 4.69) is 10.3 Å². The molecule has 1 unspecified atom stereocenters. The van der Waals surface area contributed by atoms with Crippen molar-refractivity contribution in [3.63, 3.8) is 0 Å². The molecule has 0 saturated carbocycles. The Hall–Kier alpha value is -0.940. The first-order valence-corrected chi connectivity index (χ1v) is 5.04. The van der Waals surface area contributed by atoms with Crippen LogP contribution in [0.3, 0.4) is 0 Å². The number of aryl methyl sites for hydroxylation is 1. The van der Waals surface area contributed by atoms with E-state index in [0.29, 0.717) is 6.42 Å². The van der Waals surface area contributed by atoms with Crippen molar-refractivity contribution in [2.75, 3.05) is 14.1 Å². The standard InChI is InChI=1S/C10H20N4O/c1-10(2,13(3)4)9(15)6-8-7-14(5)12-11-8/h7,9,15H,6H2,1-5H3. The van der Waals surface area contributed by atoms with Gasteiger partial charge in [-0.3, -0.25) is 4.68 Å². The van der Waals surface area contributed by atoms with Crippen LogP contribution < -0.4 is 0 Å². The first kappa shape index (κ1) is 12.1. The molecule has 5 nitrogen and oxygen atoms in total. The topological polar surface area (TPSA) is 54.2 Å². The average molecular weight is 212 g/mol. The van der Waals surface area contributed by atoms with Gasteiger partial charge in [0.05, 0.1) is 11.8 Å². The van der Waals surface area contributed by atoms with Crippen molar-refractivity contribution < 1.29 is 5.11 Å². The van der Waals surface area contributed by atoms with Crippen molar-refractivity contribution in [3.8, 4) is 0 Å². The Morgan fingerprint density at radius 2 is 2.13 bits per heavy atom. The van der Waals surface area contributed by atoms with Gasteiger partial charge in [-0.2, -0.15) is 0 Å². The Morgan fingerprint density at radius 3 is 2.53 bits per heavy atom. The third kappa shape index (κ3) is 2.76. The van der Waals surface area contributed by atoms with Crippen molar-refractivity contribution >= 4 is 0 Å². The van der Waals surface area contributed by atoms with E-state index in [1.54, 1.807) is 4.68 Å². The number of aliphatic hydroxyl groups is 1. The predicted octanol–water partition coefficient (Wildman–Crippen LogP) is 0.0587. The van der Waals surface area contributed by atoms with Crippen LogP contribution in [0.2, 0.25) is 0 Å². The van der Waals surface area contributed by atoms with Crippen LogP contribution in [-0.2, 0) is 13.5 Å². The molecule has 1 heterocycles. The summed E-state index contributed by atoms with van der Waals surface area (Å²) in [6.07, 6.45) is 1.90. The average Bonchev–Trinajstić information content (AvgIpc) is 2.50. The molecule has 1 rings (SSSR count). The quantitative estimate of drug-likeness (QED) is 0.766. The van der Waals surface area contributed by atoms with Crippen molar-refractivity contribution in [2.45, 2.75) is 31.9 Å². The van der Waals surface area contributed by atoms with Crippen molar-refractivity contribution in [3.05, 3.63) is 11.9 Å². The molecule has 1 atom stereocenters. The summed E-state index contributed by atoms with van der Waals surface area (Å²) in [6, 6.07) is 0. The highest BCUT2D eigenvalue weighted by molar-refractivity contribution is 4.99. The fraction of sp³-hybridized carbons (Fsp3) is 0.800. The maximum absolute atomic E-state index is 10.1. The van der Waals surface area contributed by atoms with Crippen LogP contribution in [0.15, 0.2) is 6.20 Å². The summed E-state index contributed by atoms with van der Waals surface area (Å²) in [4.78, 5) is 2.01. The lowest BCUT2D eigenvalue weighted by molar-refractivity contribution is 0.0177. The van der Waals surface area contributed by atoms with Gasteiger partial charge in [-0.15, -0.1) is 5.10 Å². The summed E-state index contributed by atoms with van der Waals surface area (Å²) >= 11 is 0. The zero-order valence-electron chi connectivity index (χ0n) is 10.1. The fourth-order valence-electron chi connectivity index (χ4n) is 1.23. The molecule has 0 fully saturated rings. The molecule has 15 heavy (non-hydrogen) atoms. The Kier molecular flexibility index (Phi) is 3.46. The Labute approximate surface area is 90.7 Å². The maximum atomic E-state index is 10.1. The van der Waals surface area contributed by atoms with Crippen LogP contribution in [0.25, 0.3) is 0 Å². The van der Waals surface area contributed by atoms with E-state index in [-0.39, 0.29) is 5.54 Å². The molecule has 86 valence electrons. The lowest BCUT2D eigenvalue weighted by Gasteiger charge is -2.36. The SMILES string of the molecule is CN(C)C(C)(C)C(O)Cc1cn(C)nn1. The molecule has 0 aromatic carbocycles. The van der Waals surface area contributed by atoms with Gasteiger partial charge in [0, 0.05) is 25.2 Å². The second-order valence-corrected chi connectivity index (χ2v) is 4.65. The van der Waals surface area contributed by atoms with Crippen LogP contribution in [0.1, 0.15) is 19.5 Å². The molecule has 0 saturated heterocycles. The van der Waals surface area contributed by atoms with Crippen molar-refractivity contribution in [1.82, 2.24) is 19.9 Å². The fourth-order valence-corrected chi connectivity index (χ4v) is 1.23. The Balaban J connectivity index is 2.67. The highest BCUT2D eigenvalue weighted by Crippen LogP contribution is 2.18. The van der Waals surface area contributed by atoms with E-state index < -0.39 is 6.10 Å². The maximum Gasteiger partial charge on any atom is 0.0853 e. The highest BCUT2D eigenvalue weighted by atomic mass is 16.3. The van der Waals surface area contributed by atoms with Gasteiger partial charge >= 0.3 is 0 Å². The molecule has 1 aromatic heterocycles. The zero-order valence-corrected chi connectivity index (χ0v) is 10.1. The van der Waals surface area contributed by atoms with Gasteiger partial charge in [-0.1, -0.05) is 5.21 Å². The van der Waals surface area contributed by atoms with Gasteiger partial charge in [-0.05, 0) is 27.9 Å². The summed E-state index contributed by atoms with van der Waals surface area (Å²) in [5.74, 6) is 0. The molecule has 1 N–H and O–H groups in total. The Morgan fingerprint density at radius 1 is 1.53 bits per heavy atom. The molecule has 0 radical (unpaired) electrons. The summed E-state index contributed by atoms with van der Waals surface area (Å²) in [5, 5.41) is 17.9. The number of rotatable bonds is 4. The molecule has 0 spiro atoms. The van der Waals surface area contributed by atoms with E-state index in [0.717, 1.165) is 5.69 Å². The van der Waals surface area contributed by atoms with Gasteiger partial charge < -0.3 is 10.0 Å². The first-order valence-electron chi connectivity index (χ1n) is 5.04. The summed E-state index contributed by atoms with van der Waals surface area (Å²) in [7, 11) is 5.74. The minimum absolute atomic E-state index is 0.266. The van der Waals surface area contributed by atoms with Gasteiger partial charge in [-0.25, -0.2) is 0 Å². The third-order valence-electron chi connectivity index (χ3n) is 3.02. The van der Waals surface area contributed by atoms with Crippen molar-refractivity contribution in [2.24, 2.45) is 7.05 Å². The van der Waals surface area contributed by atoms with E-state index in [4.69, 9.17) is 0 Å². The normalized spacial score (nSPS) is 14.6. The second kappa shape index (κ2) is 4.28. The largest absolute Gasteiger partial charge is 0.391 e. The lowest BCUT2D eigenvalue weighted by atomic mass is 9.92. The van der Waals surface area contributed by atoms with Gasteiger partial charge in [0.1, 0.15) is 0 Å². The van der Waals surface area contributed by atoms with E-state index in [1.165, 1.54) is 0 Å². The van der Waals surface area contributed by atoms with E-state index in [9.17, 15) is 5.11 Å². The molecule has 5 heteroatoms. The minimum atomic E-state index is -0.454. The second-order valence-electron chi connectivity index (χ2n) is 4.65. The summed E-state index contributed by atoms with van der Waals surface area (Å²) in [5.41, 5.74) is 0.553. The lowest BCUT2D eigenvalue weighted by Crippen LogP contribution is -2.49. The Bertz CT molecular complexity index is 319. The van der Waals surface area contributed by atoms with E-state index in [1.807, 2.05) is 46.1 Å². The molecular formula is C10H20N4O. The van der Waals surface area contributed by atoms with Crippen LogP contribution in [-0.4, -0.2) is 50.7 Å². The number of aliphatic hydroxyl groups excluding tert-OH is 1. The molecule has 0 bridgehead atoms. The van der Waals surface area contributed by atoms with Crippen LogP contribution in [0.5, 0.6) is 0 Å². The zero-order chi connectivity index (χ0) is 11.6. The van der Waals surface area contributed by atoms with Gasteiger partial charge in [0.15, 0.2) is 0 Å². The first-order chi connectivity index (χ1) is 6.84. The summed E-state index contributed by atoms with van der Waals surface area (Å²) in [6.45, 7) is 4.02. The van der Waals surface area contributed by atoms with Crippen molar-refractivity contribution in [1.29, 1.82) is 0 Å². The monoisotopic (exact) mass is 212 g/mol. The number of hydrogen-bond donors (Lipinski definition) is 1. The smallest absolute Gasteiger partial charge is 0.0853 e. The van der Waals surface area contributed by atoms with Gasteiger partial charge in [0.2, 0.25) is 0 Å². The molecule has 0 aliphatic heterocycles. The molecule has 1 aromatic rings. The number of aromatic nitrogens is 3. The van der Waals surface area contributed by atoms with Crippen LogP contribution in [0, 0.1) is 0 Å². The molecule has 0 amide bonds. The minimum Gasteiger partial charge on any atom is -0.391 e. The number of nitrogens with zero attached hydrogens (tertiary/aromatic N) is 4. The van der Waals surface area contributed by atoms with Crippen LogP contribution >= 0.6 is 0 Å². The molecule has 0 aliphatic rings. The number of likely N-dealkylation sites (N-methyl/N-ethyl adjacent to an activating group) is 1. The van der Waals surface area contributed by atoms with Gasteiger partial charge in [0.25, 0.3) is 0 Å². The number of hydrogen-bond acceptors (Lipinski definition) is 4. The van der Waals surface area contributed by atoms with Crippen LogP contribution in [0.4, 0.5) is 0 Å². The highest BCUT2D eigenvalue weighted by Gasteiger charge is 2.30. The molecule has 0 aliphatic carbocycles. The summed E-state index contributed by atoms with van der Waals surface area (Å²) < 4.78 is 1.64. The predicted molar refractivity (Wildman–Crippen MR) is 58.5 cm³/mol. The molecular weight excluding hydrogens is 192 g/mol. The third-order valence-corrected chi connectivity index (χ3v) is 3.02.